The summed E-state index contributed by atoms with van der Waals surface area (Å²) in [5, 5.41) is 3.59. The first-order valence-electron chi connectivity index (χ1n) is 7.00. The summed E-state index contributed by atoms with van der Waals surface area (Å²) in [6.07, 6.45) is 0. The van der Waals surface area contributed by atoms with E-state index in [1.165, 1.54) is 11.4 Å². The van der Waals surface area contributed by atoms with Crippen molar-refractivity contribution in [3.8, 4) is 0 Å². The molecule has 0 radical (unpaired) electrons. The lowest BCUT2D eigenvalue weighted by Gasteiger charge is -2.39. The molecule has 1 aromatic rings. The third-order valence-electron chi connectivity index (χ3n) is 3.86. The third-order valence-corrected chi connectivity index (χ3v) is 3.86. The van der Waals surface area contributed by atoms with Crippen molar-refractivity contribution in [2.45, 2.75) is 6.92 Å². The maximum atomic E-state index is 5.42. The standard InChI is InChI=1S/C15H22N2O2/c1-15(11-19-12-15)10-16-13-4-2-3-5-14(13)17-6-8-18-9-7-17/h2-5,16H,6-12H2,1H3. The summed E-state index contributed by atoms with van der Waals surface area (Å²) in [5.41, 5.74) is 2.80. The third kappa shape index (κ3) is 2.85. The number of morpholine rings is 1. The molecule has 2 aliphatic heterocycles. The molecule has 4 nitrogen and oxygen atoms in total. The number of nitrogens with zero attached hydrogens (tertiary/aromatic N) is 1. The van der Waals surface area contributed by atoms with E-state index in [0.717, 1.165) is 46.1 Å². The highest BCUT2D eigenvalue weighted by Crippen LogP contribution is 2.30. The van der Waals surface area contributed by atoms with Gasteiger partial charge >= 0.3 is 0 Å². The van der Waals surface area contributed by atoms with E-state index < -0.39 is 0 Å². The zero-order valence-corrected chi connectivity index (χ0v) is 11.5. The molecule has 2 aliphatic rings. The number of hydrogen-bond donors (Lipinski definition) is 1. The minimum Gasteiger partial charge on any atom is -0.383 e. The second-order valence-corrected chi connectivity index (χ2v) is 5.77. The Balaban J connectivity index is 1.69. The van der Waals surface area contributed by atoms with Crippen molar-refractivity contribution in [3.05, 3.63) is 24.3 Å². The number of anilines is 2. The molecule has 0 spiro atoms. The minimum absolute atomic E-state index is 0.290. The Morgan fingerprint density at radius 2 is 1.89 bits per heavy atom. The van der Waals surface area contributed by atoms with E-state index in [2.05, 4.69) is 41.4 Å². The smallest absolute Gasteiger partial charge is 0.0642 e. The van der Waals surface area contributed by atoms with Gasteiger partial charge < -0.3 is 19.7 Å². The Bertz CT molecular complexity index is 426. The zero-order chi connectivity index (χ0) is 13.1. The van der Waals surface area contributed by atoms with Crippen LogP contribution in [0.1, 0.15) is 6.92 Å². The van der Waals surface area contributed by atoms with Crippen molar-refractivity contribution >= 4 is 11.4 Å². The number of benzene rings is 1. The largest absolute Gasteiger partial charge is 0.383 e. The molecule has 2 fully saturated rings. The molecule has 104 valence electrons. The lowest BCUT2D eigenvalue weighted by Crippen LogP contribution is -2.45. The molecule has 0 atom stereocenters. The summed E-state index contributed by atoms with van der Waals surface area (Å²) < 4.78 is 10.7. The van der Waals surface area contributed by atoms with Crippen LogP contribution in [0.3, 0.4) is 0 Å². The molecule has 1 aromatic carbocycles. The summed E-state index contributed by atoms with van der Waals surface area (Å²) in [6.45, 7) is 8.53. The fourth-order valence-corrected chi connectivity index (χ4v) is 2.56. The number of ether oxygens (including phenoxy) is 2. The second kappa shape index (κ2) is 5.39. The molecule has 1 N–H and O–H groups in total. The molecule has 0 bridgehead atoms. The summed E-state index contributed by atoms with van der Waals surface area (Å²) in [7, 11) is 0. The van der Waals surface area contributed by atoms with Crippen molar-refractivity contribution in [3.63, 3.8) is 0 Å². The van der Waals surface area contributed by atoms with Gasteiger partial charge in [-0.25, -0.2) is 0 Å². The second-order valence-electron chi connectivity index (χ2n) is 5.77. The van der Waals surface area contributed by atoms with Gasteiger partial charge in [-0.3, -0.25) is 0 Å². The van der Waals surface area contributed by atoms with Crippen LogP contribution in [0.15, 0.2) is 24.3 Å². The van der Waals surface area contributed by atoms with E-state index in [0.29, 0.717) is 0 Å². The molecule has 19 heavy (non-hydrogen) atoms. The molecule has 0 amide bonds. The van der Waals surface area contributed by atoms with Crippen molar-refractivity contribution in [2.24, 2.45) is 5.41 Å². The van der Waals surface area contributed by atoms with Gasteiger partial charge in [0.1, 0.15) is 0 Å². The van der Waals surface area contributed by atoms with Gasteiger partial charge in [0.05, 0.1) is 37.8 Å². The Morgan fingerprint density at radius 1 is 1.16 bits per heavy atom. The number of para-hydroxylation sites is 2. The molecule has 3 rings (SSSR count). The first-order valence-corrected chi connectivity index (χ1v) is 7.00. The van der Waals surface area contributed by atoms with Gasteiger partial charge in [0.15, 0.2) is 0 Å². The Morgan fingerprint density at radius 3 is 2.58 bits per heavy atom. The molecular weight excluding hydrogens is 240 g/mol. The Hall–Kier alpha value is -1.26. The lowest BCUT2D eigenvalue weighted by atomic mass is 9.88. The summed E-state index contributed by atoms with van der Waals surface area (Å²) in [5.74, 6) is 0. The molecule has 0 aliphatic carbocycles. The van der Waals surface area contributed by atoms with Gasteiger partial charge in [0.2, 0.25) is 0 Å². The molecule has 0 aromatic heterocycles. The van der Waals surface area contributed by atoms with Crippen LogP contribution in [-0.4, -0.2) is 46.1 Å². The highest BCUT2D eigenvalue weighted by Gasteiger charge is 2.33. The van der Waals surface area contributed by atoms with Gasteiger partial charge in [-0.1, -0.05) is 19.1 Å². The van der Waals surface area contributed by atoms with Gasteiger partial charge in [-0.15, -0.1) is 0 Å². The molecule has 2 saturated heterocycles. The van der Waals surface area contributed by atoms with Gasteiger partial charge in [0.25, 0.3) is 0 Å². The van der Waals surface area contributed by atoms with E-state index in [9.17, 15) is 0 Å². The maximum absolute atomic E-state index is 5.42. The fraction of sp³-hybridized carbons (Fsp3) is 0.600. The van der Waals surface area contributed by atoms with Gasteiger partial charge in [-0.2, -0.15) is 0 Å². The predicted molar refractivity (Wildman–Crippen MR) is 76.9 cm³/mol. The van der Waals surface area contributed by atoms with Crippen LogP contribution in [-0.2, 0) is 9.47 Å². The molecule has 4 heteroatoms. The van der Waals surface area contributed by atoms with Crippen LogP contribution < -0.4 is 10.2 Å². The number of rotatable bonds is 4. The molecule has 0 unspecified atom stereocenters. The minimum atomic E-state index is 0.290. The van der Waals surface area contributed by atoms with E-state index in [-0.39, 0.29) is 5.41 Å². The van der Waals surface area contributed by atoms with Crippen molar-refractivity contribution in [1.29, 1.82) is 0 Å². The van der Waals surface area contributed by atoms with E-state index in [1.807, 2.05) is 0 Å². The number of nitrogens with one attached hydrogen (secondary N) is 1. The van der Waals surface area contributed by atoms with Crippen molar-refractivity contribution in [2.75, 3.05) is 56.3 Å². The predicted octanol–water partition coefficient (Wildman–Crippen LogP) is 1.97. The first kappa shape index (κ1) is 12.8. The number of hydrogen-bond acceptors (Lipinski definition) is 4. The zero-order valence-electron chi connectivity index (χ0n) is 11.5. The van der Waals surface area contributed by atoms with Crippen LogP contribution in [0.5, 0.6) is 0 Å². The van der Waals surface area contributed by atoms with E-state index in [4.69, 9.17) is 9.47 Å². The summed E-state index contributed by atoms with van der Waals surface area (Å²) >= 11 is 0. The Kier molecular flexibility index (Phi) is 3.62. The fourth-order valence-electron chi connectivity index (χ4n) is 2.56. The summed E-state index contributed by atoms with van der Waals surface area (Å²) in [6, 6.07) is 8.54. The highest BCUT2D eigenvalue weighted by atomic mass is 16.5. The SMILES string of the molecule is CC1(CNc2ccccc2N2CCOCC2)COC1. The van der Waals surface area contributed by atoms with Crippen LogP contribution in [0.25, 0.3) is 0 Å². The van der Waals surface area contributed by atoms with Crippen LogP contribution >= 0.6 is 0 Å². The normalized spacial score (nSPS) is 21.8. The maximum Gasteiger partial charge on any atom is 0.0642 e. The van der Waals surface area contributed by atoms with Crippen molar-refractivity contribution < 1.29 is 9.47 Å². The van der Waals surface area contributed by atoms with Crippen LogP contribution in [0, 0.1) is 5.41 Å². The monoisotopic (exact) mass is 262 g/mol. The molecule has 2 heterocycles. The lowest BCUT2D eigenvalue weighted by molar-refractivity contribution is -0.0924. The van der Waals surface area contributed by atoms with Gasteiger partial charge in [0, 0.05) is 25.0 Å². The molecule has 0 saturated carbocycles. The van der Waals surface area contributed by atoms with Crippen LogP contribution in [0.4, 0.5) is 11.4 Å². The van der Waals surface area contributed by atoms with Crippen molar-refractivity contribution in [1.82, 2.24) is 0 Å². The Labute approximate surface area is 114 Å². The topological polar surface area (TPSA) is 33.7 Å². The quantitative estimate of drug-likeness (QED) is 0.899. The first-order chi connectivity index (χ1) is 9.27. The van der Waals surface area contributed by atoms with Crippen LogP contribution in [0.2, 0.25) is 0 Å². The molecular formula is C15H22N2O2. The highest BCUT2D eigenvalue weighted by molar-refractivity contribution is 5.70. The summed E-state index contributed by atoms with van der Waals surface area (Å²) in [4.78, 5) is 2.39. The van der Waals surface area contributed by atoms with E-state index in [1.54, 1.807) is 0 Å². The van der Waals surface area contributed by atoms with Gasteiger partial charge in [-0.05, 0) is 12.1 Å². The van der Waals surface area contributed by atoms with E-state index >= 15 is 0 Å². The average molecular weight is 262 g/mol. The average Bonchev–Trinajstić information content (AvgIpc) is 2.44.